The van der Waals surface area contributed by atoms with Gasteiger partial charge in [-0.3, -0.25) is 0 Å². The molecule has 1 atom stereocenters. The van der Waals surface area contributed by atoms with Crippen LogP contribution in [0.4, 0.5) is 0 Å². The molecule has 0 amide bonds. The molecule has 1 fully saturated rings. The van der Waals surface area contributed by atoms with E-state index >= 15 is 0 Å². The molecule has 1 aromatic rings. The zero-order chi connectivity index (χ0) is 13.2. The Morgan fingerprint density at radius 2 is 2.22 bits per heavy atom. The fraction of sp³-hybridized carbons (Fsp3) is 0.667. The van der Waals surface area contributed by atoms with E-state index in [4.69, 9.17) is 5.11 Å². The Balaban J connectivity index is 2.04. The molecule has 0 aromatic carbocycles. The molecular weight excluding hydrogens is 270 g/mol. The highest BCUT2D eigenvalue weighted by atomic mass is 32.2. The summed E-state index contributed by atoms with van der Waals surface area (Å²) < 4.78 is 27.4. The van der Waals surface area contributed by atoms with Crippen LogP contribution in [-0.4, -0.2) is 26.2 Å². The average molecular weight is 289 g/mol. The number of sulfonamides is 1. The highest BCUT2D eigenvalue weighted by Gasteiger charge is 2.28. The van der Waals surface area contributed by atoms with Crippen molar-refractivity contribution in [3.05, 3.63) is 17.0 Å². The van der Waals surface area contributed by atoms with Gasteiger partial charge in [-0.25, -0.2) is 13.1 Å². The van der Waals surface area contributed by atoms with Gasteiger partial charge < -0.3 is 5.11 Å². The summed E-state index contributed by atoms with van der Waals surface area (Å²) >= 11 is 1.23. The maximum Gasteiger partial charge on any atom is 0.250 e. The lowest BCUT2D eigenvalue weighted by molar-refractivity contribution is 0.260. The Kier molecular flexibility index (Phi) is 4.42. The minimum Gasteiger partial charge on any atom is -0.396 e. The van der Waals surface area contributed by atoms with Gasteiger partial charge in [0, 0.05) is 23.9 Å². The van der Waals surface area contributed by atoms with Crippen LogP contribution in [0.2, 0.25) is 0 Å². The zero-order valence-corrected chi connectivity index (χ0v) is 12.1. The predicted octanol–water partition coefficient (Wildman–Crippen LogP) is 1.75. The lowest BCUT2D eigenvalue weighted by atomic mass is 9.81. The summed E-state index contributed by atoms with van der Waals surface area (Å²) in [6, 6.07) is 3.39. The van der Waals surface area contributed by atoms with Crippen molar-refractivity contribution >= 4 is 21.4 Å². The number of aliphatic hydroxyl groups excluding tert-OH is 1. The summed E-state index contributed by atoms with van der Waals surface area (Å²) in [4.78, 5) is 0.897. The lowest BCUT2D eigenvalue weighted by Crippen LogP contribution is -2.40. The van der Waals surface area contributed by atoms with Crippen molar-refractivity contribution in [2.24, 2.45) is 5.92 Å². The van der Waals surface area contributed by atoms with Gasteiger partial charge in [-0.15, -0.1) is 11.3 Å². The van der Waals surface area contributed by atoms with Gasteiger partial charge in [0.2, 0.25) is 10.0 Å². The van der Waals surface area contributed by atoms with Gasteiger partial charge in [0.25, 0.3) is 0 Å². The van der Waals surface area contributed by atoms with E-state index in [9.17, 15) is 8.42 Å². The SMILES string of the molecule is CC(NS(=O)(=O)c1ccc(CCO)s1)C1CCC1. The first-order valence-electron chi connectivity index (χ1n) is 6.25. The second-order valence-electron chi connectivity index (χ2n) is 4.80. The van der Waals surface area contributed by atoms with Crippen molar-refractivity contribution in [2.45, 2.75) is 42.9 Å². The largest absolute Gasteiger partial charge is 0.396 e. The summed E-state index contributed by atoms with van der Waals surface area (Å²) in [5, 5.41) is 8.83. The number of hydrogen-bond donors (Lipinski definition) is 2. The highest BCUT2D eigenvalue weighted by Crippen LogP contribution is 2.30. The molecule has 1 unspecified atom stereocenters. The number of thiophene rings is 1. The van der Waals surface area contributed by atoms with E-state index in [2.05, 4.69) is 4.72 Å². The standard InChI is InChI=1S/C12H19NO3S2/c1-9(10-3-2-4-10)13-18(15,16)12-6-5-11(17-12)7-8-14/h5-6,9-10,13-14H,2-4,7-8H2,1H3. The third-order valence-corrected chi connectivity index (χ3v) is 6.65. The third-order valence-electron chi connectivity index (χ3n) is 3.46. The number of rotatable bonds is 6. The number of hydrogen-bond acceptors (Lipinski definition) is 4. The van der Waals surface area contributed by atoms with Crippen molar-refractivity contribution < 1.29 is 13.5 Å². The van der Waals surface area contributed by atoms with Crippen molar-refractivity contribution in [3.63, 3.8) is 0 Å². The van der Waals surface area contributed by atoms with Crippen molar-refractivity contribution in [2.75, 3.05) is 6.61 Å². The Morgan fingerprint density at radius 1 is 1.50 bits per heavy atom. The van der Waals surface area contributed by atoms with Crippen LogP contribution in [0.1, 0.15) is 31.1 Å². The van der Waals surface area contributed by atoms with Gasteiger partial charge >= 0.3 is 0 Å². The fourth-order valence-electron chi connectivity index (χ4n) is 2.09. The van der Waals surface area contributed by atoms with Crippen LogP contribution in [0.25, 0.3) is 0 Å². The molecule has 0 spiro atoms. The van der Waals surface area contributed by atoms with Gasteiger partial charge in [0.15, 0.2) is 0 Å². The molecule has 0 aliphatic heterocycles. The molecule has 1 saturated carbocycles. The molecule has 1 aliphatic carbocycles. The van der Waals surface area contributed by atoms with Crippen molar-refractivity contribution in [1.82, 2.24) is 4.72 Å². The molecule has 1 heterocycles. The quantitative estimate of drug-likeness (QED) is 0.838. The summed E-state index contributed by atoms with van der Waals surface area (Å²) in [5.74, 6) is 0.483. The third kappa shape index (κ3) is 3.12. The van der Waals surface area contributed by atoms with Gasteiger partial charge in [-0.2, -0.15) is 0 Å². The van der Waals surface area contributed by atoms with Crippen LogP contribution in [0, 0.1) is 5.92 Å². The molecule has 2 N–H and O–H groups in total. The molecule has 18 heavy (non-hydrogen) atoms. The van der Waals surface area contributed by atoms with E-state index in [0.29, 0.717) is 16.5 Å². The fourth-order valence-corrected chi connectivity index (χ4v) is 4.76. The van der Waals surface area contributed by atoms with Crippen LogP contribution in [0.15, 0.2) is 16.3 Å². The van der Waals surface area contributed by atoms with Gasteiger partial charge in [0.1, 0.15) is 4.21 Å². The Morgan fingerprint density at radius 3 is 2.78 bits per heavy atom. The number of aliphatic hydroxyl groups is 1. The van der Waals surface area contributed by atoms with Crippen molar-refractivity contribution in [3.8, 4) is 0 Å². The van der Waals surface area contributed by atoms with E-state index in [1.807, 2.05) is 6.92 Å². The van der Waals surface area contributed by atoms with Crippen molar-refractivity contribution in [1.29, 1.82) is 0 Å². The van der Waals surface area contributed by atoms with Crippen LogP contribution >= 0.6 is 11.3 Å². The van der Waals surface area contributed by atoms with E-state index < -0.39 is 10.0 Å². The zero-order valence-electron chi connectivity index (χ0n) is 10.4. The summed E-state index contributed by atoms with van der Waals surface area (Å²) in [6.45, 7) is 1.98. The second-order valence-corrected chi connectivity index (χ2v) is 7.90. The minimum atomic E-state index is -3.39. The Bertz CT molecular complexity index is 491. The minimum absolute atomic E-state index is 0.00661. The molecule has 6 heteroatoms. The molecule has 1 aliphatic rings. The smallest absolute Gasteiger partial charge is 0.250 e. The first kappa shape index (κ1) is 14.0. The molecule has 0 bridgehead atoms. The summed E-state index contributed by atoms with van der Waals surface area (Å²) in [5.41, 5.74) is 0. The van der Waals surface area contributed by atoms with Gasteiger partial charge in [-0.05, 0) is 37.8 Å². The van der Waals surface area contributed by atoms with E-state index in [-0.39, 0.29) is 12.6 Å². The number of nitrogens with one attached hydrogen (secondary N) is 1. The molecule has 4 nitrogen and oxygen atoms in total. The predicted molar refractivity (Wildman–Crippen MR) is 72.2 cm³/mol. The topological polar surface area (TPSA) is 66.4 Å². The maximum atomic E-state index is 12.1. The van der Waals surface area contributed by atoms with E-state index in [1.165, 1.54) is 17.8 Å². The normalized spacial score (nSPS) is 18.6. The summed E-state index contributed by atoms with van der Waals surface area (Å²) in [7, 11) is -3.39. The van der Waals surface area contributed by atoms with Gasteiger partial charge in [0.05, 0.1) is 0 Å². The van der Waals surface area contributed by atoms with Crippen LogP contribution in [0.3, 0.4) is 0 Å². The Labute approximate surface area is 112 Å². The van der Waals surface area contributed by atoms with Crippen LogP contribution in [0.5, 0.6) is 0 Å². The van der Waals surface area contributed by atoms with E-state index in [0.717, 1.165) is 17.7 Å². The maximum absolute atomic E-state index is 12.1. The molecule has 1 aromatic heterocycles. The van der Waals surface area contributed by atoms with E-state index in [1.54, 1.807) is 12.1 Å². The highest BCUT2D eigenvalue weighted by molar-refractivity contribution is 7.91. The lowest BCUT2D eigenvalue weighted by Gasteiger charge is -2.31. The molecule has 0 radical (unpaired) electrons. The summed E-state index contributed by atoms with van der Waals surface area (Å²) in [6.07, 6.45) is 3.95. The first-order chi connectivity index (χ1) is 8.53. The average Bonchev–Trinajstić information content (AvgIpc) is 2.63. The van der Waals surface area contributed by atoms with Crippen LogP contribution < -0.4 is 4.72 Å². The molecule has 0 saturated heterocycles. The molecule has 2 rings (SSSR count). The Hall–Kier alpha value is -0.430. The second kappa shape index (κ2) is 5.69. The first-order valence-corrected chi connectivity index (χ1v) is 8.55. The molecular formula is C12H19NO3S2. The molecule has 102 valence electrons. The van der Waals surface area contributed by atoms with Crippen LogP contribution in [-0.2, 0) is 16.4 Å². The monoisotopic (exact) mass is 289 g/mol. The van der Waals surface area contributed by atoms with Gasteiger partial charge in [-0.1, -0.05) is 6.42 Å².